The minimum absolute atomic E-state index is 0.0256. The molecule has 2 nitrogen and oxygen atoms in total. The summed E-state index contributed by atoms with van der Waals surface area (Å²) in [5.41, 5.74) is 2.42. The predicted molar refractivity (Wildman–Crippen MR) is 76.4 cm³/mol. The molecule has 0 saturated heterocycles. The average Bonchev–Trinajstić information content (AvgIpc) is 2.47. The number of rotatable bonds is 3. The summed E-state index contributed by atoms with van der Waals surface area (Å²) in [5, 5.41) is 10.4. The third kappa shape index (κ3) is 3.43. The van der Waals surface area contributed by atoms with Gasteiger partial charge in [-0.25, -0.2) is 8.78 Å². The molecule has 1 saturated carbocycles. The van der Waals surface area contributed by atoms with Crippen molar-refractivity contribution in [2.45, 2.75) is 56.7 Å². The maximum atomic E-state index is 13.2. The van der Waals surface area contributed by atoms with E-state index in [4.69, 9.17) is 4.74 Å². The lowest BCUT2D eigenvalue weighted by atomic mass is 9.80. The van der Waals surface area contributed by atoms with Crippen LogP contribution in [0.3, 0.4) is 0 Å². The molecule has 1 fully saturated rings. The minimum atomic E-state index is -2.54. The molecule has 1 heterocycles. The highest BCUT2D eigenvalue weighted by Gasteiger charge is 2.38. The summed E-state index contributed by atoms with van der Waals surface area (Å²) in [6.07, 6.45) is 1.36. The Balaban J connectivity index is 1.62. The Bertz CT molecular complexity index is 479. The number of fused-ring (bicyclic) bond motifs is 1. The summed E-state index contributed by atoms with van der Waals surface area (Å²) < 4.78 is 32.2. The Morgan fingerprint density at radius 2 is 1.95 bits per heavy atom. The van der Waals surface area contributed by atoms with Crippen molar-refractivity contribution in [2.75, 3.05) is 6.61 Å². The Labute approximate surface area is 124 Å². The van der Waals surface area contributed by atoms with Gasteiger partial charge in [-0.3, -0.25) is 0 Å². The van der Waals surface area contributed by atoms with E-state index in [-0.39, 0.29) is 24.9 Å². The number of aliphatic hydroxyl groups is 1. The third-order valence-electron chi connectivity index (χ3n) is 4.85. The molecule has 0 spiro atoms. The van der Waals surface area contributed by atoms with Gasteiger partial charge in [0.05, 0.1) is 18.8 Å². The van der Waals surface area contributed by atoms with Gasteiger partial charge in [-0.1, -0.05) is 24.3 Å². The van der Waals surface area contributed by atoms with Crippen molar-refractivity contribution in [3.05, 3.63) is 35.4 Å². The smallest absolute Gasteiger partial charge is 0.248 e. The number of halogens is 2. The molecule has 1 aromatic carbocycles. The lowest BCUT2D eigenvalue weighted by molar-refractivity contribution is -0.0725. The molecular formula is C17H22F2O2. The van der Waals surface area contributed by atoms with E-state index in [0.29, 0.717) is 25.9 Å². The molecule has 0 radical (unpaired) electrons. The fraction of sp³-hybridized carbons (Fsp3) is 0.647. The molecule has 1 aliphatic heterocycles. The van der Waals surface area contributed by atoms with Crippen molar-refractivity contribution in [1.29, 1.82) is 0 Å². The van der Waals surface area contributed by atoms with E-state index in [1.54, 1.807) is 0 Å². The number of benzene rings is 1. The SMILES string of the molecule is OC(CC1OCCc2ccccc21)C1CCC(F)(F)CC1. The molecule has 1 aliphatic carbocycles. The topological polar surface area (TPSA) is 29.5 Å². The highest BCUT2D eigenvalue weighted by molar-refractivity contribution is 5.30. The number of aliphatic hydroxyl groups excluding tert-OH is 1. The van der Waals surface area contributed by atoms with Crippen molar-refractivity contribution in [2.24, 2.45) is 5.92 Å². The van der Waals surface area contributed by atoms with Crippen LogP contribution in [0.5, 0.6) is 0 Å². The van der Waals surface area contributed by atoms with Gasteiger partial charge < -0.3 is 9.84 Å². The van der Waals surface area contributed by atoms with Crippen molar-refractivity contribution in [1.82, 2.24) is 0 Å². The van der Waals surface area contributed by atoms with Crippen LogP contribution >= 0.6 is 0 Å². The van der Waals surface area contributed by atoms with E-state index >= 15 is 0 Å². The van der Waals surface area contributed by atoms with Gasteiger partial charge in [0.2, 0.25) is 5.92 Å². The largest absolute Gasteiger partial charge is 0.393 e. The maximum Gasteiger partial charge on any atom is 0.248 e. The van der Waals surface area contributed by atoms with Gasteiger partial charge in [-0.05, 0) is 36.3 Å². The highest BCUT2D eigenvalue weighted by Crippen LogP contribution is 2.40. The molecule has 1 N–H and O–H groups in total. The summed E-state index contributed by atoms with van der Waals surface area (Å²) >= 11 is 0. The van der Waals surface area contributed by atoms with Crippen LogP contribution in [0.2, 0.25) is 0 Å². The first kappa shape index (κ1) is 14.9. The number of ether oxygens (including phenoxy) is 1. The highest BCUT2D eigenvalue weighted by atomic mass is 19.3. The van der Waals surface area contributed by atoms with Crippen LogP contribution in [0.15, 0.2) is 24.3 Å². The van der Waals surface area contributed by atoms with Crippen molar-refractivity contribution >= 4 is 0 Å². The first-order valence-electron chi connectivity index (χ1n) is 7.80. The summed E-state index contributed by atoms with van der Waals surface area (Å²) in [4.78, 5) is 0. The van der Waals surface area contributed by atoms with Gasteiger partial charge in [0.15, 0.2) is 0 Å². The maximum absolute atomic E-state index is 13.2. The second-order valence-electron chi connectivity index (χ2n) is 6.30. The summed E-state index contributed by atoms with van der Waals surface area (Å²) in [7, 11) is 0. The molecule has 0 amide bonds. The van der Waals surface area contributed by atoms with Gasteiger partial charge in [0, 0.05) is 19.3 Å². The zero-order valence-corrected chi connectivity index (χ0v) is 12.1. The van der Waals surface area contributed by atoms with E-state index in [9.17, 15) is 13.9 Å². The lowest BCUT2D eigenvalue weighted by Crippen LogP contribution is -2.32. The zero-order chi connectivity index (χ0) is 14.9. The van der Waals surface area contributed by atoms with E-state index < -0.39 is 12.0 Å². The normalized spacial score (nSPS) is 27.1. The lowest BCUT2D eigenvalue weighted by Gasteiger charge is -2.34. The van der Waals surface area contributed by atoms with Crippen LogP contribution in [0.25, 0.3) is 0 Å². The summed E-state index contributed by atoms with van der Waals surface area (Å²) in [6, 6.07) is 8.13. The number of hydrogen-bond acceptors (Lipinski definition) is 2. The molecule has 1 aromatic rings. The summed E-state index contributed by atoms with van der Waals surface area (Å²) in [5.74, 6) is -2.56. The monoisotopic (exact) mass is 296 g/mol. The van der Waals surface area contributed by atoms with E-state index in [1.807, 2.05) is 18.2 Å². The van der Waals surface area contributed by atoms with Gasteiger partial charge in [-0.2, -0.15) is 0 Å². The molecule has 3 rings (SSSR count). The van der Waals surface area contributed by atoms with Crippen LogP contribution in [0.4, 0.5) is 8.78 Å². The molecule has 4 heteroatoms. The second kappa shape index (κ2) is 6.01. The molecular weight excluding hydrogens is 274 g/mol. The minimum Gasteiger partial charge on any atom is -0.393 e. The molecule has 0 bridgehead atoms. The van der Waals surface area contributed by atoms with E-state index in [1.165, 1.54) is 5.56 Å². The third-order valence-corrected chi connectivity index (χ3v) is 4.85. The Hall–Kier alpha value is -1.00. The van der Waals surface area contributed by atoms with Gasteiger partial charge in [-0.15, -0.1) is 0 Å². The van der Waals surface area contributed by atoms with E-state index in [0.717, 1.165) is 12.0 Å². The van der Waals surface area contributed by atoms with Crippen LogP contribution in [-0.4, -0.2) is 23.7 Å². The Kier molecular flexibility index (Phi) is 4.27. The molecule has 0 aromatic heterocycles. The molecule has 2 aliphatic rings. The number of alkyl halides is 2. The first-order chi connectivity index (χ1) is 10.1. The van der Waals surface area contributed by atoms with Crippen molar-refractivity contribution in [3.8, 4) is 0 Å². The van der Waals surface area contributed by atoms with Gasteiger partial charge >= 0.3 is 0 Å². The van der Waals surface area contributed by atoms with Crippen molar-refractivity contribution in [3.63, 3.8) is 0 Å². The molecule has 21 heavy (non-hydrogen) atoms. The van der Waals surface area contributed by atoms with Gasteiger partial charge in [0.25, 0.3) is 0 Å². The predicted octanol–water partition coefficient (Wildman–Crippen LogP) is 3.88. The Morgan fingerprint density at radius 3 is 2.71 bits per heavy atom. The second-order valence-corrected chi connectivity index (χ2v) is 6.30. The average molecular weight is 296 g/mol. The molecule has 2 atom stereocenters. The first-order valence-corrected chi connectivity index (χ1v) is 7.80. The van der Waals surface area contributed by atoms with Crippen LogP contribution in [0.1, 0.15) is 49.3 Å². The van der Waals surface area contributed by atoms with Crippen molar-refractivity contribution < 1.29 is 18.6 Å². The van der Waals surface area contributed by atoms with E-state index in [2.05, 4.69) is 6.07 Å². The standard InChI is InChI=1S/C17H22F2O2/c18-17(19)8-5-13(6-9-17)15(20)11-16-14-4-2-1-3-12(14)7-10-21-16/h1-4,13,15-16,20H,5-11H2. The van der Waals surface area contributed by atoms with Crippen LogP contribution in [-0.2, 0) is 11.2 Å². The fourth-order valence-corrected chi connectivity index (χ4v) is 3.53. The quantitative estimate of drug-likeness (QED) is 0.917. The van der Waals surface area contributed by atoms with Crippen LogP contribution < -0.4 is 0 Å². The molecule has 116 valence electrons. The molecule has 2 unspecified atom stereocenters. The summed E-state index contributed by atoms with van der Waals surface area (Å²) in [6.45, 7) is 0.664. The Morgan fingerprint density at radius 1 is 1.24 bits per heavy atom. The number of hydrogen-bond donors (Lipinski definition) is 1. The fourth-order valence-electron chi connectivity index (χ4n) is 3.53. The van der Waals surface area contributed by atoms with Crippen LogP contribution in [0, 0.1) is 5.92 Å². The van der Waals surface area contributed by atoms with Gasteiger partial charge in [0.1, 0.15) is 0 Å². The zero-order valence-electron chi connectivity index (χ0n) is 12.1.